The summed E-state index contributed by atoms with van der Waals surface area (Å²) in [6, 6.07) is 0. The molecule has 1 saturated carbocycles. The van der Waals surface area contributed by atoms with Crippen LogP contribution in [0.4, 0.5) is 0 Å². The fourth-order valence-electron chi connectivity index (χ4n) is 0.683. The van der Waals surface area contributed by atoms with Crippen LogP contribution in [0.1, 0.15) is 27.2 Å². The Labute approximate surface area is 92.0 Å². The van der Waals surface area contributed by atoms with Crippen molar-refractivity contribution >= 4 is 40.8 Å². The van der Waals surface area contributed by atoms with Gasteiger partial charge < -0.3 is 4.55 Å². The second-order valence-corrected chi connectivity index (χ2v) is 7.66. The molecule has 0 radical (unpaired) electrons. The molecule has 5 heteroatoms. The molecule has 13 heavy (non-hydrogen) atoms. The Hall–Kier alpha value is 0.560. The average molecular weight is 242 g/mol. The summed E-state index contributed by atoms with van der Waals surface area (Å²) in [5.41, 5.74) is 0. The van der Waals surface area contributed by atoms with Crippen molar-refractivity contribution in [3.8, 4) is 0 Å². The minimum atomic E-state index is -1.20. The summed E-state index contributed by atoms with van der Waals surface area (Å²) in [5.74, 6) is 0.0714. The summed E-state index contributed by atoms with van der Waals surface area (Å²) in [4.78, 5) is 0. The van der Waals surface area contributed by atoms with Gasteiger partial charge in [-0.1, -0.05) is 4.40 Å². The van der Waals surface area contributed by atoms with E-state index in [0.717, 1.165) is 0 Å². The van der Waals surface area contributed by atoms with Crippen LogP contribution in [0, 0.1) is 5.92 Å². The summed E-state index contributed by atoms with van der Waals surface area (Å²) in [5, 5.41) is 0. The van der Waals surface area contributed by atoms with Gasteiger partial charge in [0, 0.05) is 5.92 Å². The molecule has 0 aliphatic heterocycles. The largest absolute Gasteiger partial charge is 0.591 e. The van der Waals surface area contributed by atoms with Crippen LogP contribution >= 0.6 is 23.2 Å². The van der Waals surface area contributed by atoms with E-state index in [9.17, 15) is 4.55 Å². The molecule has 0 aromatic carbocycles. The zero-order chi connectivity index (χ0) is 10.3. The molecule has 1 fully saturated rings. The predicted molar refractivity (Wildman–Crippen MR) is 58.9 cm³/mol. The number of alkyl halides is 2. The Morgan fingerprint density at radius 3 is 2.31 bits per heavy atom. The fraction of sp³-hybridized carbons (Fsp3) is 0.875. The molecule has 0 amide bonds. The first-order valence-corrected chi connectivity index (χ1v) is 5.94. The van der Waals surface area contributed by atoms with E-state index in [1.54, 1.807) is 6.21 Å². The zero-order valence-electron chi connectivity index (χ0n) is 7.88. The van der Waals surface area contributed by atoms with Gasteiger partial charge in [0.25, 0.3) is 0 Å². The molecule has 1 aliphatic carbocycles. The maximum atomic E-state index is 11.4. The lowest BCUT2D eigenvalue weighted by molar-refractivity contribution is 0.561. The average Bonchev–Trinajstić information content (AvgIpc) is 2.52. The van der Waals surface area contributed by atoms with Gasteiger partial charge in [-0.2, -0.15) is 0 Å². The lowest BCUT2D eigenvalue weighted by Crippen LogP contribution is -2.26. The Morgan fingerprint density at radius 1 is 1.54 bits per heavy atom. The maximum Gasteiger partial charge on any atom is 0.144 e. The van der Waals surface area contributed by atoms with Gasteiger partial charge in [0.05, 0.1) is 6.21 Å². The molecule has 76 valence electrons. The molecule has 0 saturated heterocycles. The highest BCUT2D eigenvalue weighted by atomic mass is 35.5. The standard InChI is InChI=1S/C8H13Cl2NOS/c1-7(2,3)13(12)11-5-6-4-8(6,9)10/h5-6H,4H2,1-3H3/t6?,13-/m1/s1. The monoisotopic (exact) mass is 241 g/mol. The lowest BCUT2D eigenvalue weighted by atomic mass is 10.3. The zero-order valence-corrected chi connectivity index (χ0v) is 10.2. The van der Waals surface area contributed by atoms with Crippen LogP contribution < -0.4 is 0 Å². The van der Waals surface area contributed by atoms with Gasteiger partial charge >= 0.3 is 0 Å². The van der Waals surface area contributed by atoms with E-state index in [1.165, 1.54) is 0 Å². The minimum Gasteiger partial charge on any atom is -0.591 e. The molecule has 0 N–H and O–H groups in total. The van der Waals surface area contributed by atoms with Crippen LogP contribution in [-0.4, -0.2) is 19.8 Å². The summed E-state index contributed by atoms with van der Waals surface area (Å²) < 4.78 is 14.4. The Balaban J connectivity index is 2.42. The number of hydrogen-bond acceptors (Lipinski definition) is 2. The molecule has 0 spiro atoms. The number of hydrogen-bond donors (Lipinski definition) is 0. The van der Waals surface area contributed by atoms with Gasteiger partial charge in [-0.25, -0.2) is 0 Å². The summed E-state index contributed by atoms with van der Waals surface area (Å²) >= 11 is 10.4. The summed E-state index contributed by atoms with van der Waals surface area (Å²) in [6.07, 6.45) is 2.32. The molecule has 2 nitrogen and oxygen atoms in total. The first kappa shape index (κ1) is 11.6. The lowest BCUT2D eigenvalue weighted by Gasteiger charge is -2.17. The van der Waals surface area contributed by atoms with Crippen LogP contribution in [0.3, 0.4) is 0 Å². The van der Waals surface area contributed by atoms with Crippen molar-refractivity contribution in [2.75, 3.05) is 0 Å². The van der Waals surface area contributed by atoms with Crippen LogP contribution in [0.25, 0.3) is 0 Å². The van der Waals surface area contributed by atoms with Crippen LogP contribution in [-0.2, 0) is 11.4 Å². The number of rotatable bonds is 2. The number of halogens is 2. The van der Waals surface area contributed by atoms with Gasteiger partial charge in [0.15, 0.2) is 0 Å². The van der Waals surface area contributed by atoms with E-state index in [-0.39, 0.29) is 10.7 Å². The highest BCUT2D eigenvalue weighted by molar-refractivity contribution is 7.91. The molecule has 0 aromatic rings. The van der Waals surface area contributed by atoms with E-state index >= 15 is 0 Å². The maximum absolute atomic E-state index is 11.4. The van der Waals surface area contributed by atoms with Crippen molar-refractivity contribution < 1.29 is 4.55 Å². The van der Waals surface area contributed by atoms with Gasteiger partial charge in [-0.3, -0.25) is 0 Å². The van der Waals surface area contributed by atoms with Crippen molar-refractivity contribution in [1.82, 2.24) is 0 Å². The SMILES string of the molecule is CC(C)(C)[S@@+]([O-])N=CC1CC1(Cl)Cl. The van der Waals surface area contributed by atoms with E-state index in [4.69, 9.17) is 23.2 Å². The third kappa shape index (κ3) is 3.31. The van der Waals surface area contributed by atoms with Crippen molar-refractivity contribution in [3.05, 3.63) is 0 Å². The highest BCUT2D eigenvalue weighted by Crippen LogP contribution is 2.52. The quantitative estimate of drug-likeness (QED) is 0.416. The van der Waals surface area contributed by atoms with Gasteiger partial charge in [0.2, 0.25) is 0 Å². The normalized spacial score (nSPS) is 29.2. The third-order valence-electron chi connectivity index (χ3n) is 1.73. The van der Waals surface area contributed by atoms with E-state index in [1.807, 2.05) is 20.8 Å². The molecule has 1 aliphatic rings. The van der Waals surface area contributed by atoms with Gasteiger partial charge in [-0.05, 0) is 27.2 Å². The summed E-state index contributed by atoms with van der Waals surface area (Å²) in [6.45, 7) is 5.63. The van der Waals surface area contributed by atoms with Crippen molar-refractivity contribution in [3.63, 3.8) is 0 Å². The Kier molecular flexibility index (Phi) is 3.23. The second-order valence-electron chi connectivity index (χ2n) is 4.19. The van der Waals surface area contributed by atoms with Crippen LogP contribution in [0.15, 0.2) is 4.40 Å². The van der Waals surface area contributed by atoms with Crippen LogP contribution in [0.5, 0.6) is 0 Å². The second kappa shape index (κ2) is 3.61. The van der Waals surface area contributed by atoms with Gasteiger partial charge in [0.1, 0.15) is 20.4 Å². The minimum absolute atomic E-state index is 0.0714. The Bertz CT molecular complexity index is 225. The highest BCUT2D eigenvalue weighted by Gasteiger charge is 2.51. The Morgan fingerprint density at radius 2 is 2.00 bits per heavy atom. The molecular formula is C8H13Cl2NOS. The fourth-order valence-corrected chi connectivity index (χ4v) is 1.70. The first-order chi connectivity index (χ1) is 5.73. The molecule has 0 heterocycles. The number of nitrogens with zero attached hydrogens (tertiary/aromatic N) is 1. The van der Waals surface area contributed by atoms with Gasteiger partial charge in [-0.15, -0.1) is 23.2 Å². The first-order valence-electron chi connectivity index (χ1n) is 4.07. The van der Waals surface area contributed by atoms with E-state index in [0.29, 0.717) is 6.42 Å². The van der Waals surface area contributed by atoms with E-state index < -0.39 is 15.7 Å². The topological polar surface area (TPSA) is 35.4 Å². The van der Waals surface area contributed by atoms with E-state index in [2.05, 4.69) is 4.40 Å². The molecule has 0 bridgehead atoms. The molecule has 1 rings (SSSR count). The van der Waals surface area contributed by atoms with Crippen LogP contribution in [0.2, 0.25) is 0 Å². The predicted octanol–water partition coefficient (Wildman–Crippen LogP) is 2.71. The summed E-state index contributed by atoms with van der Waals surface area (Å²) in [7, 11) is 0. The smallest absolute Gasteiger partial charge is 0.144 e. The molecule has 1 unspecified atom stereocenters. The van der Waals surface area contributed by atoms with Crippen molar-refractivity contribution in [2.24, 2.45) is 10.3 Å². The third-order valence-corrected chi connectivity index (χ3v) is 3.96. The molecule has 0 aromatic heterocycles. The molecule has 2 atom stereocenters. The van der Waals surface area contributed by atoms with Crippen molar-refractivity contribution in [1.29, 1.82) is 0 Å². The molecular weight excluding hydrogens is 229 g/mol. The van der Waals surface area contributed by atoms with Crippen molar-refractivity contribution in [2.45, 2.75) is 36.3 Å².